The summed E-state index contributed by atoms with van der Waals surface area (Å²) in [7, 11) is 0. The summed E-state index contributed by atoms with van der Waals surface area (Å²) in [6.07, 6.45) is 11.8. The van der Waals surface area contributed by atoms with Gasteiger partial charge in [-0.05, 0) is 31.8 Å². The van der Waals surface area contributed by atoms with Crippen molar-refractivity contribution in [3.63, 3.8) is 0 Å². The van der Waals surface area contributed by atoms with Gasteiger partial charge in [-0.15, -0.1) is 0 Å². The van der Waals surface area contributed by atoms with Crippen LogP contribution >= 0.6 is 0 Å². The van der Waals surface area contributed by atoms with Crippen molar-refractivity contribution >= 4 is 5.91 Å². The molecule has 1 heterocycles. The van der Waals surface area contributed by atoms with Crippen LogP contribution in [0.15, 0.2) is 23.8 Å². The van der Waals surface area contributed by atoms with Gasteiger partial charge in [0.2, 0.25) is 5.91 Å². The van der Waals surface area contributed by atoms with Crippen molar-refractivity contribution in [2.75, 3.05) is 19.8 Å². The molecule has 0 radical (unpaired) electrons. The molecule has 1 N–H and O–H groups in total. The van der Waals surface area contributed by atoms with Crippen LogP contribution in [0.4, 0.5) is 0 Å². The molecule has 1 aliphatic rings. The molecule has 0 aromatic rings. The molecular weight excluding hydrogens is 238 g/mol. The number of allylic oxidation sites excluding steroid dienone is 3. The predicted octanol–water partition coefficient (Wildman–Crippen LogP) is 3.22. The summed E-state index contributed by atoms with van der Waals surface area (Å²) < 4.78 is 5.28. The van der Waals surface area contributed by atoms with Crippen molar-refractivity contribution in [3.8, 4) is 0 Å². The lowest BCUT2D eigenvalue weighted by molar-refractivity contribution is -0.116. The van der Waals surface area contributed by atoms with Crippen LogP contribution in [0.25, 0.3) is 0 Å². The number of rotatable bonds is 8. The topological polar surface area (TPSA) is 38.3 Å². The Kier molecular flexibility index (Phi) is 8.23. The fourth-order valence-electron chi connectivity index (χ4n) is 2.08. The fraction of sp³-hybridized carbons (Fsp3) is 0.688. The maximum Gasteiger partial charge on any atom is 0.244 e. The molecule has 1 fully saturated rings. The summed E-state index contributed by atoms with van der Waals surface area (Å²) in [5.41, 5.74) is 1.01. The van der Waals surface area contributed by atoms with E-state index in [1.54, 1.807) is 6.08 Å². The van der Waals surface area contributed by atoms with E-state index in [9.17, 15) is 4.79 Å². The van der Waals surface area contributed by atoms with Gasteiger partial charge >= 0.3 is 0 Å². The van der Waals surface area contributed by atoms with Gasteiger partial charge < -0.3 is 10.1 Å². The number of nitrogens with one attached hydrogen (secondary N) is 1. The van der Waals surface area contributed by atoms with Crippen molar-refractivity contribution in [2.24, 2.45) is 5.92 Å². The van der Waals surface area contributed by atoms with Gasteiger partial charge in [-0.1, -0.05) is 31.9 Å². The second-order valence-corrected chi connectivity index (χ2v) is 5.26. The summed E-state index contributed by atoms with van der Waals surface area (Å²) in [5.74, 6) is 0.491. The number of hydrogen-bond acceptors (Lipinski definition) is 2. The van der Waals surface area contributed by atoms with Crippen LogP contribution in [0, 0.1) is 5.92 Å². The number of amides is 1. The summed E-state index contributed by atoms with van der Waals surface area (Å²) in [6.45, 7) is 6.50. The lowest BCUT2D eigenvalue weighted by Crippen LogP contribution is -2.28. The molecule has 0 saturated carbocycles. The second kappa shape index (κ2) is 9.79. The quantitative estimate of drug-likeness (QED) is 0.416. The third kappa shape index (κ3) is 7.83. The first-order valence-corrected chi connectivity index (χ1v) is 7.42. The zero-order valence-corrected chi connectivity index (χ0v) is 12.3. The Hall–Kier alpha value is -1.09. The van der Waals surface area contributed by atoms with Gasteiger partial charge in [-0.25, -0.2) is 0 Å². The molecule has 1 amide bonds. The van der Waals surface area contributed by atoms with E-state index in [0.717, 1.165) is 38.2 Å². The van der Waals surface area contributed by atoms with Crippen LogP contribution in [0.5, 0.6) is 0 Å². The summed E-state index contributed by atoms with van der Waals surface area (Å²) in [5, 5.41) is 2.94. The van der Waals surface area contributed by atoms with E-state index < -0.39 is 0 Å². The lowest BCUT2D eigenvalue weighted by atomic mass is 10.1. The molecule has 3 nitrogen and oxygen atoms in total. The van der Waals surface area contributed by atoms with Crippen molar-refractivity contribution in [3.05, 3.63) is 23.8 Å². The molecular formula is C16H27NO2. The minimum Gasteiger partial charge on any atom is -0.381 e. The highest BCUT2D eigenvalue weighted by Gasteiger charge is 2.15. The van der Waals surface area contributed by atoms with E-state index >= 15 is 0 Å². The zero-order chi connectivity index (χ0) is 13.9. The summed E-state index contributed by atoms with van der Waals surface area (Å²) in [4.78, 5) is 11.7. The predicted molar refractivity (Wildman–Crippen MR) is 79.0 cm³/mol. The molecule has 1 saturated heterocycles. The largest absolute Gasteiger partial charge is 0.381 e. The van der Waals surface area contributed by atoms with E-state index in [-0.39, 0.29) is 5.91 Å². The molecule has 0 spiro atoms. The number of hydrogen-bond donors (Lipinski definition) is 1. The molecule has 19 heavy (non-hydrogen) atoms. The Morgan fingerprint density at radius 1 is 1.42 bits per heavy atom. The number of unbranched alkanes of at least 4 members (excludes halogenated alkanes) is 3. The first kappa shape index (κ1) is 16.0. The molecule has 0 bridgehead atoms. The van der Waals surface area contributed by atoms with Crippen molar-refractivity contribution in [2.45, 2.75) is 46.0 Å². The number of ether oxygens (including phenoxy) is 1. The minimum absolute atomic E-state index is 0.00241. The maximum absolute atomic E-state index is 11.7. The van der Waals surface area contributed by atoms with E-state index in [1.165, 1.54) is 19.3 Å². The fourth-order valence-corrected chi connectivity index (χ4v) is 2.08. The second-order valence-electron chi connectivity index (χ2n) is 5.26. The zero-order valence-electron chi connectivity index (χ0n) is 12.3. The molecule has 0 aliphatic carbocycles. The molecule has 1 aliphatic heterocycles. The van der Waals surface area contributed by atoms with Gasteiger partial charge in [0.1, 0.15) is 0 Å². The maximum atomic E-state index is 11.7. The highest BCUT2D eigenvalue weighted by molar-refractivity contribution is 5.88. The first-order valence-electron chi connectivity index (χ1n) is 7.42. The SMILES string of the molecule is CCCCC/C=C/C(C)=C/C(=O)NCC1CCOC1. The number of carbonyl (C=O) groups is 1. The highest BCUT2D eigenvalue weighted by atomic mass is 16.5. The minimum atomic E-state index is 0.00241. The van der Waals surface area contributed by atoms with Crippen molar-refractivity contribution in [1.29, 1.82) is 0 Å². The Morgan fingerprint density at radius 3 is 2.95 bits per heavy atom. The Morgan fingerprint density at radius 2 is 2.26 bits per heavy atom. The first-order chi connectivity index (χ1) is 9.22. The number of carbonyl (C=O) groups excluding carboxylic acids is 1. The Balaban J connectivity index is 2.18. The Bertz CT molecular complexity index is 315. The molecule has 3 heteroatoms. The van der Waals surface area contributed by atoms with E-state index in [1.807, 2.05) is 13.0 Å². The molecule has 0 aromatic carbocycles. The third-order valence-corrected chi connectivity index (χ3v) is 3.30. The molecule has 0 aromatic heterocycles. The van der Waals surface area contributed by atoms with Crippen molar-refractivity contribution < 1.29 is 9.53 Å². The van der Waals surface area contributed by atoms with Crippen LogP contribution in [-0.2, 0) is 9.53 Å². The van der Waals surface area contributed by atoms with Crippen molar-refractivity contribution in [1.82, 2.24) is 5.32 Å². The average molecular weight is 265 g/mol. The van der Waals surface area contributed by atoms with Crippen LogP contribution in [0.2, 0.25) is 0 Å². The summed E-state index contributed by atoms with van der Waals surface area (Å²) >= 11 is 0. The normalized spacial score (nSPS) is 20.1. The van der Waals surface area contributed by atoms with Crippen LogP contribution < -0.4 is 5.32 Å². The standard InChI is InChI=1S/C16H27NO2/c1-3-4-5-6-7-8-14(2)11-16(18)17-12-15-9-10-19-13-15/h7-8,11,15H,3-6,9-10,12-13H2,1-2H3,(H,17,18)/b8-7+,14-11+. The van der Waals surface area contributed by atoms with E-state index in [2.05, 4.69) is 18.3 Å². The molecule has 1 rings (SSSR count). The highest BCUT2D eigenvalue weighted by Crippen LogP contribution is 2.10. The average Bonchev–Trinajstić information content (AvgIpc) is 2.89. The van der Waals surface area contributed by atoms with Crippen LogP contribution in [-0.4, -0.2) is 25.7 Å². The lowest BCUT2D eigenvalue weighted by Gasteiger charge is -2.07. The molecule has 1 atom stereocenters. The molecule has 1 unspecified atom stereocenters. The van der Waals surface area contributed by atoms with Gasteiger partial charge in [0.15, 0.2) is 0 Å². The van der Waals surface area contributed by atoms with E-state index in [4.69, 9.17) is 4.74 Å². The van der Waals surface area contributed by atoms with E-state index in [0.29, 0.717) is 5.92 Å². The van der Waals surface area contributed by atoms with Gasteiger partial charge in [0.05, 0.1) is 6.61 Å². The third-order valence-electron chi connectivity index (χ3n) is 3.30. The summed E-state index contributed by atoms with van der Waals surface area (Å²) in [6, 6.07) is 0. The van der Waals surface area contributed by atoms with Gasteiger partial charge in [-0.2, -0.15) is 0 Å². The van der Waals surface area contributed by atoms with Gasteiger partial charge in [0, 0.05) is 25.1 Å². The van der Waals surface area contributed by atoms with Gasteiger partial charge in [-0.3, -0.25) is 4.79 Å². The Labute approximate surface area is 117 Å². The van der Waals surface area contributed by atoms with Crippen LogP contribution in [0.3, 0.4) is 0 Å². The monoisotopic (exact) mass is 265 g/mol. The van der Waals surface area contributed by atoms with Crippen LogP contribution in [0.1, 0.15) is 46.0 Å². The molecule has 108 valence electrons. The smallest absolute Gasteiger partial charge is 0.244 e. The van der Waals surface area contributed by atoms with Gasteiger partial charge in [0.25, 0.3) is 0 Å².